The first-order chi connectivity index (χ1) is 13.6. The molecule has 2 aliphatic heterocycles. The van der Waals surface area contributed by atoms with Crippen molar-refractivity contribution in [1.82, 2.24) is 5.32 Å². The first kappa shape index (κ1) is 18.0. The number of benzene rings is 2. The molecule has 5 heteroatoms. The Bertz CT molecular complexity index is 891. The number of anilines is 2. The Morgan fingerprint density at radius 3 is 2.68 bits per heavy atom. The third-order valence-corrected chi connectivity index (χ3v) is 7.03. The number of nitrogens with one attached hydrogen (secondary N) is 2. The van der Waals surface area contributed by atoms with Crippen molar-refractivity contribution in [3.05, 3.63) is 59.1 Å². The van der Waals surface area contributed by atoms with Crippen LogP contribution in [0.2, 0.25) is 5.02 Å². The van der Waals surface area contributed by atoms with Crippen LogP contribution in [-0.4, -0.2) is 31.1 Å². The van der Waals surface area contributed by atoms with E-state index in [2.05, 4.69) is 27.7 Å². The quantitative estimate of drug-likeness (QED) is 0.812. The second kappa shape index (κ2) is 7.09. The summed E-state index contributed by atoms with van der Waals surface area (Å²) >= 11 is 6.15. The van der Waals surface area contributed by atoms with Gasteiger partial charge < -0.3 is 15.5 Å². The summed E-state index contributed by atoms with van der Waals surface area (Å²) in [6, 6.07) is 17.3. The molecule has 2 N–H and O–H groups in total. The average molecular weight is 396 g/mol. The van der Waals surface area contributed by atoms with Crippen molar-refractivity contribution in [3.8, 4) is 0 Å². The van der Waals surface area contributed by atoms with Gasteiger partial charge in [0.15, 0.2) is 0 Å². The number of para-hydroxylation sites is 1. The van der Waals surface area contributed by atoms with Crippen molar-refractivity contribution < 1.29 is 4.79 Å². The van der Waals surface area contributed by atoms with Gasteiger partial charge >= 0.3 is 0 Å². The molecule has 28 heavy (non-hydrogen) atoms. The molecule has 1 spiro atoms. The monoisotopic (exact) mass is 395 g/mol. The van der Waals surface area contributed by atoms with Crippen LogP contribution in [0.1, 0.15) is 37.7 Å². The fraction of sp³-hybridized carbons (Fsp3) is 0.435. The molecule has 146 valence electrons. The van der Waals surface area contributed by atoms with Gasteiger partial charge in [0, 0.05) is 41.6 Å². The Hall–Kier alpha value is -2.04. The summed E-state index contributed by atoms with van der Waals surface area (Å²) in [6.45, 7) is 2.08. The topological polar surface area (TPSA) is 44.4 Å². The van der Waals surface area contributed by atoms with Crippen LogP contribution in [0.3, 0.4) is 0 Å². The molecule has 2 aromatic carbocycles. The highest BCUT2D eigenvalue weighted by atomic mass is 35.5. The van der Waals surface area contributed by atoms with Crippen LogP contribution < -0.4 is 15.5 Å². The molecule has 2 aromatic rings. The van der Waals surface area contributed by atoms with Crippen LogP contribution >= 0.6 is 11.6 Å². The molecule has 4 nitrogen and oxygen atoms in total. The Morgan fingerprint density at radius 2 is 1.86 bits per heavy atom. The normalized spacial score (nSPS) is 29.2. The number of halogens is 1. The zero-order chi connectivity index (χ0) is 19.1. The molecule has 1 amide bonds. The number of fused-ring (bicyclic) bond motifs is 2. The lowest BCUT2D eigenvalue weighted by Gasteiger charge is -2.37. The van der Waals surface area contributed by atoms with Crippen molar-refractivity contribution >= 4 is 28.9 Å². The van der Waals surface area contributed by atoms with Crippen molar-refractivity contribution in [2.45, 2.75) is 49.6 Å². The zero-order valence-electron chi connectivity index (χ0n) is 16.0. The molecule has 2 heterocycles. The van der Waals surface area contributed by atoms with E-state index in [1.807, 2.05) is 36.4 Å². The summed E-state index contributed by atoms with van der Waals surface area (Å²) in [5.74, 6) is 0.195. The first-order valence-corrected chi connectivity index (χ1v) is 10.7. The fourth-order valence-electron chi connectivity index (χ4n) is 5.28. The van der Waals surface area contributed by atoms with Crippen molar-refractivity contribution in [2.75, 3.05) is 23.3 Å². The van der Waals surface area contributed by atoms with Crippen LogP contribution in [0.25, 0.3) is 0 Å². The second-order valence-electron chi connectivity index (χ2n) is 8.43. The van der Waals surface area contributed by atoms with Crippen LogP contribution in [0.5, 0.6) is 0 Å². The van der Waals surface area contributed by atoms with E-state index in [0.717, 1.165) is 55.9 Å². The van der Waals surface area contributed by atoms with E-state index in [1.54, 1.807) is 0 Å². The second-order valence-corrected chi connectivity index (χ2v) is 8.87. The molecule has 3 aliphatic rings. The van der Waals surface area contributed by atoms with Gasteiger partial charge in [-0.1, -0.05) is 35.9 Å². The lowest BCUT2D eigenvalue weighted by atomic mass is 9.69. The number of rotatable bonds is 3. The standard InChI is InChI=1S/C23H26ClN3O/c24-16-4-3-5-19(14-16)27-13-10-18(15-27)25-17-8-11-23(12-9-17)20-6-1-2-7-21(20)26-22(23)28/h1-7,14,17-18,25H,8-13,15H2,(H,26,28). The van der Waals surface area contributed by atoms with Gasteiger partial charge in [-0.2, -0.15) is 0 Å². The lowest BCUT2D eigenvalue weighted by molar-refractivity contribution is -0.122. The Labute approximate surface area is 171 Å². The molecular formula is C23H26ClN3O. The summed E-state index contributed by atoms with van der Waals surface area (Å²) in [5.41, 5.74) is 3.11. The average Bonchev–Trinajstić information content (AvgIpc) is 3.27. The van der Waals surface area contributed by atoms with Gasteiger partial charge in [0.05, 0.1) is 5.41 Å². The number of hydrogen-bond acceptors (Lipinski definition) is 3. The summed E-state index contributed by atoms with van der Waals surface area (Å²) in [6.07, 6.45) is 5.11. The third-order valence-electron chi connectivity index (χ3n) is 6.80. The zero-order valence-corrected chi connectivity index (χ0v) is 16.7. The minimum atomic E-state index is -0.308. The molecule has 0 bridgehead atoms. The lowest BCUT2D eigenvalue weighted by Crippen LogP contribution is -2.47. The van der Waals surface area contributed by atoms with E-state index in [0.29, 0.717) is 12.1 Å². The van der Waals surface area contributed by atoms with E-state index in [-0.39, 0.29) is 11.3 Å². The number of carbonyl (C=O) groups is 1. The smallest absolute Gasteiger partial charge is 0.235 e. The molecule has 0 aromatic heterocycles. The SMILES string of the molecule is O=C1Nc2ccccc2C12CCC(NC1CCN(c3cccc(Cl)c3)C1)CC2. The van der Waals surface area contributed by atoms with Crippen LogP contribution in [-0.2, 0) is 10.2 Å². The molecule has 1 saturated heterocycles. The molecule has 1 aliphatic carbocycles. The van der Waals surface area contributed by atoms with Gasteiger partial charge in [0.2, 0.25) is 5.91 Å². The summed E-state index contributed by atoms with van der Waals surface area (Å²) in [4.78, 5) is 15.1. The maximum absolute atomic E-state index is 12.7. The minimum Gasteiger partial charge on any atom is -0.370 e. The Morgan fingerprint density at radius 1 is 1.04 bits per heavy atom. The van der Waals surface area contributed by atoms with Gasteiger partial charge in [-0.25, -0.2) is 0 Å². The van der Waals surface area contributed by atoms with E-state index < -0.39 is 0 Å². The van der Waals surface area contributed by atoms with Crippen LogP contribution in [0, 0.1) is 0 Å². The maximum atomic E-state index is 12.7. The summed E-state index contributed by atoms with van der Waals surface area (Å²) < 4.78 is 0. The highest BCUT2D eigenvalue weighted by Crippen LogP contribution is 2.47. The number of amides is 1. The van der Waals surface area contributed by atoms with Gasteiger partial charge in [-0.05, 0) is 61.9 Å². The molecule has 5 rings (SSSR count). The fourth-order valence-corrected chi connectivity index (χ4v) is 5.47. The Kier molecular flexibility index (Phi) is 4.56. The van der Waals surface area contributed by atoms with E-state index in [1.165, 1.54) is 11.3 Å². The highest BCUT2D eigenvalue weighted by Gasteiger charge is 2.48. The van der Waals surface area contributed by atoms with Crippen molar-refractivity contribution in [2.24, 2.45) is 0 Å². The number of hydrogen-bond donors (Lipinski definition) is 2. The third kappa shape index (κ3) is 3.09. The van der Waals surface area contributed by atoms with Crippen LogP contribution in [0.15, 0.2) is 48.5 Å². The van der Waals surface area contributed by atoms with E-state index in [9.17, 15) is 4.79 Å². The van der Waals surface area contributed by atoms with Gasteiger partial charge in [0.1, 0.15) is 0 Å². The summed E-state index contributed by atoms with van der Waals surface area (Å²) in [5, 5.41) is 7.76. The van der Waals surface area contributed by atoms with Gasteiger partial charge in [-0.3, -0.25) is 4.79 Å². The van der Waals surface area contributed by atoms with Gasteiger partial charge in [-0.15, -0.1) is 0 Å². The number of nitrogens with zero attached hydrogens (tertiary/aromatic N) is 1. The molecule has 2 fully saturated rings. The van der Waals surface area contributed by atoms with E-state index >= 15 is 0 Å². The highest BCUT2D eigenvalue weighted by molar-refractivity contribution is 6.30. The Balaban J connectivity index is 1.20. The van der Waals surface area contributed by atoms with Crippen molar-refractivity contribution in [1.29, 1.82) is 0 Å². The molecule has 1 saturated carbocycles. The predicted molar refractivity (Wildman–Crippen MR) is 114 cm³/mol. The summed E-state index contributed by atoms with van der Waals surface area (Å²) in [7, 11) is 0. The number of carbonyl (C=O) groups excluding carboxylic acids is 1. The molecular weight excluding hydrogens is 370 g/mol. The maximum Gasteiger partial charge on any atom is 0.235 e. The molecule has 1 atom stereocenters. The van der Waals surface area contributed by atoms with Crippen LogP contribution in [0.4, 0.5) is 11.4 Å². The van der Waals surface area contributed by atoms with E-state index in [4.69, 9.17) is 11.6 Å². The first-order valence-electron chi connectivity index (χ1n) is 10.3. The largest absolute Gasteiger partial charge is 0.370 e. The predicted octanol–water partition coefficient (Wildman–Crippen LogP) is 4.34. The molecule has 1 unspecified atom stereocenters. The minimum absolute atomic E-state index is 0.195. The van der Waals surface area contributed by atoms with Crippen molar-refractivity contribution in [3.63, 3.8) is 0 Å². The molecule has 0 radical (unpaired) electrons. The van der Waals surface area contributed by atoms with Gasteiger partial charge in [0.25, 0.3) is 0 Å².